The summed E-state index contributed by atoms with van der Waals surface area (Å²) in [5.41, 5.74) is 2.03. The van der Waals surface area contributed by atoms with Gasteiger partial charge in [0.15, 0.2) is 0 Å². The second kappa shape index (κ2) is 4.17. The molecule has 0 aliphatic heterocycles. The van der Waals surface area contributed by atoms with Crippen LogP contribution in [0.4, 0.5) is 0 Å². The Morgan fingerprint density at radius 3 is 3.00 bits per heavy atom. The molecule has 0 saturated heterocycles. The first-order chi connectivity index (χ1) is 6.81. The lowest BCUT2D eigenvalue weighted by Gasteiger charge is -2.14. The summed E-state index contributed by atoms with van der Waals surface area (Å²) in [6, 6.07) is 0. The number of aromatic amines is 1. The summed E-state index contributed by atoms with van der Waals surface area (Å²) in [4.78, 5) is 19.0. The van der Waals surface area contributed by atoms with E-state index in [1.54, 1.807) is 11.8 Å². The number of aryl methyl sites for hydroxylation is 1. The van der Waals surface area contributed by atoms with Crippen LogP contribution < -0.4 is 5.56 Å². The second-order valence-electron chi connectivity index (χ2n) is 3.58. The number of hydrogen-bond donors (Lipinski definition) is 1. The van der Waals surface area contributed by atoms with Crippen LogP contribution in [0, 0.1) is 0 Å². The van der Waals surface area contributed by atoms with E-state index in [4.69, 9.17) is 0 Å². The predicted molar refractivity (Wildman–Crippen MR) is 58.7 cm³/mol. The lowest BCUT2D eigenvalue weighted by atomic mass is 9.97. The fraction of sp³-hybridized carbons (Fsp3) is 0.600. The van der Waals surface area contributed by atoms with Crippen LogP contribution in [0.5, 0.6) is 0 Å². The van der Waals surface area contributed by atoms with Gasteiger partial charge in [0, 0.05) is 5.56 Å². The molecule has 1 aliphatic rings. The monoisotopic (exact) mass is 210 g/mol. The van der Waals surface area contributed by atoms with E-state index in [1.165, 1.54) is 6.42 Å². The summed E-state index contributed by atoms with van der Waals surface area (Å²) >= 11 is 1.68. The van der Waals surface area contributed by atoms with Crippen LogP contribution in [0.2, 0.25) is 0 Å². The van der Waals surface area contributed by atoms with Crippen molar-refractivity contribution in [3.8, 4) is 0 Å². The molecule has 1 aromatic rings. The molecule has 2 rings (SSSR count). The molecule has 0 fully saturated rings. The quantitative estimate of drug-likeness (QED) is 0.805. The van der Waals surface area contributed by atoms with Crippen molar-refractivity contribution in [1.82, 2.24) is 9.97 Å². The van der Waals surface area contributed by atoms with E-state index < -0.39 is 0 Å². The van der Waals surface area contributed by atoms with Crippen LogP contribution in [0.1, 0.15) is 29.9 Å². The van der Waals surface area contributed by atoms with Gasteiger partial charge in [-0.2, -0.15) is 11.8 Å². The first-order valence-electron chi connectivity index (χ1n) is 4.91. The van der Waals surface area contributed by atoms with Crippen LogP contribution in [-0.2, 0) is 18.6 Å². The summed E-state index contributed by atoms with van der Waals surface area (Å²) < 4.78 is 0. The van der Waals surface area contributed by atoms with Gasteiger partial charge >= 0.3 is 0 Å². The molecule has 0 unspecified atom stereocenters. The van der Waals surface area contributed by atoms with E-state index in [9.17, 15) is 4.79 Å². The van der Waals surface area contributed by atoms with Gasteiger partial charge in [-0.3, -0.25) is 4.79 Å². The van der Waals surface area contributed by atoms with Gasteiger partial charge in [-0.05, 0) is 31.9 Å². The van der Waals surface area contributed by atoms with Crippen molar-refractivity contribution in [3.05, 3.63) is 27.4 Å². The molecule has 4 heteroatoms. The second-order valence-corrected chi connectivity index (χ2v) is 4.44. The van der Waals surface area contributed by atoms with Gasteiger partial charge in [-0.15, -0.1) is 0 Å². The summed E-state index contributed by atoms with van der Waals surface area (Å²) in [5, 5.41) is 0. The molecule has 76 valence electrons. The first kappa shape index (κ1) is 9.77. The third kappa shape index (κ3) is 1.85. The predicted octanol–water partition coefficient (Wildman–Crippen LogP) is 1.51. The number of rotatable bonds is 2. The number of nitrogens with one attached hydrogen (secondary N) is 1. The van der Waals surface area contributed by atoms with Crippen molar-refractivity contribution >= 4 is 11.8 Å². The maximum Gasteiger partial charge on any atom is 0.254 e. The molecule has 3 nitrogen and oxygen atoms in total. The van der Waals surface area contributed by atoms with Crippen molar-refractivity contribution < 1.29 is 0 Å². The third-order valence-electron chi connectivity index (χ3n) is 2.52. The highest BCUT2D eigenvalue weighted by atomic mass is 32.2. The third-order valence-corrected chi connectivity index (χ3v) is 3.08. The Bertz CT molecular complexity index is 386. The molecule has 1 aliphatic carbocycles. The fourth-order valence-corrected chi connectivity index (χ4v) is 2.27. The van der Waals surface area contributed by atoms with E-state index in [0.717, 1.165) is 42.1 Å². The zero-order valence-corrected chi connectivity index (χ0v) is 9.12. The number of aromatic nitrogens is 2. The van der Waals surface area contributed by atoms with Crippen molar-refractivity contribution in [2.45, 2.75) is 31.4 Å². The molecule has 1 heterocycles. The molecular weight excluding hydrogens is 196 g/mol. The van der Waals surface area contributed by atoms with Gasteiger partial charge in [0.05, 0.1) is 11.4 Å². The van der Waals surface area contributed by atoms with Crippen molar-refractivity contribution in [2.24, 2.45) is 0 Å². The highest BCUT2D eigenvalue weighted by Crippen LogP contribution is 2.16. The average Bonchev–Trinajstić information content (AvgIpc) is 2.18. The number of nitrogens with zero attached hydrogens (tertiary/aromatic N) is 1. The SMILES string of the molecule is CSCc1nc2c(c(=O)[nH]1)CCCC2. The van der Waals surface area contributed by atoms with E-state index in [1.807, 2.05) is 6.26 Å². The minimum atomic E-state index is 0.0822. The van der Waals surface area contributed by atoms with Crippen LogP contribution in [0.15, 0.2) is 4.79 Å². The summed E-state index contributed by atoms with van der Waals surface area (Å²) in [6.07, 6.45) is 6.18. The van der Waals surface area contributed by atoms with Crippen molar-refractivity contribution in [2.75, 3.05) is 6.26 Å². The molecule has 0 amide bonds. The molecule has 0 bridgehead atoms. The molecule has 1 aromatic heterocycles. The van der Waals surface area contributed by atoms with Crippen LogP contribution in [0.3, 0.4) is 0 Å². The lowest BCUT2D eigenvalue weighted by Crippen LogP contribution is -2.22. The highest BCUT2D eigenvalue weighted by molar-refractivity contribution is 7.97. The minimum Gasteiger partial charge on any atom is -0.310 e. The zero-order chi connectivity index (χ0) is 9.97. The number of hydrogen-bond acceptors (Lipinski definition) is 3. The Balaban J connectivity index is 2.41. The van der Waals surface area contributed by atoms with Crippen LogP contribution in [0.25, 0.3) is 0 Å². The van der Waals surface area contributed by atoms with Gasteiger partial charge in [0.2, 0.25) is 0 Å². The average molecular weight is 210 g/mol. The largest absolute Gasteiger partial charge is 0.310 e. The molecule has 0 saturated carbocycles. The Hall–Kier alpha value is -0.770. The van der Waals surface area contributed by atoms with Crippen molar-refractivity contribution in [1.29, 1.82) is 0 Å². The highest BCUT2D eigenvalue weighted by Gasteiger charge is 2.14. The van der Waals surface area contributed by atoms with Gasteiger partial charge in [0.1, 0.15) is 5.82 Å². The number of H-pyrrole nitrogens is 1. The van der Waals surface area contributed by atoms with Gasteiger partial charge in [-0.1, -0.05) is 0 Å². The molecule has 0 aromatic carbocycles. The maximum atomic E-state index is 11.7. The smallest absolute Gasteiger partial charge is 0.254 e. The zero-order valence-electron chi connectivity index (χ0n) is 8.30. The summed E-state index contributed by atoms with van der Waals surface area (Å²) in [6.45, 7) is 0. The van der Waals surface area contributed by atoms with E-state index in [0.29, 0.717) is 0 Å². The molecule has 14 heavy (non-hydrogen) atoms. The first-order valence-corrected chi connectivity index (χ1v) is 6.30. The minimum absolute atomic E-state index is 0.0822. The molecule has 1 N–H and O–H groups in total. The Morgan fingerprint density at radius 1 is 1.43 bits per heavy atom. The Kier molecular flexibility index (Phi) is 2.91. The number of fused-ring (bicyclic) bond motifs is 1. The Morgan fingerprint density at radius 2 is 2.21 bits per heavy atom. The lowest BCUT2D eigenvalue weighted by molar-refractivity contribution is 0.651. The molecule has 0 radical (unpaired) electrons. The Labute approximate surface area is 87.3 Å². The summed E-state index contributed by atoms with van der Waals surface area (Å²) in [7, 11) is 0. The van der Waals surface area contributed by atoms with Crippen LogP contribution in [-0.4, -0.2) is 16.2 Å². The standard InChI is InChI=1S/C10H14N2OS/c1-14-6-9-11-8-5-3-2-4-7(8)10(13)12-9/h2-6H2,1H3,(H,11,12,13). The molecule has 0 spiro atoms. The maximum absolute atomic E-state index is 11.7. The van der Waals surface area contributed by atoms with E-state index in [-0.39, 0.29) is 5.56 Å². The van der Waals surface area contributed by atoms with Gasteiger partial charge in [0.25, 0.3) is 5.56 Å². The van der Waals surface area contributed by atoms with Crippen LogP contribution >= 0.6 is 11.8 Å². The molecule has 0 atom stereocenters. The van der Waals surface area contributed by atoms with E-state index >= 15 is 0 Å². The topological polar surface area (TPSA) is 45.8 Å². The summed E-state index contributed by atoms with van der Waals surface area (Å²) in [5.74, 6) is 1.62. The normalized spacial score (nSPS) is 15.2. The fourth-order valence-electron chi connectivity index (χ4n) is 1.86. The van der Waals surface area contributed by atoms with Crippen molar-refractivity contribution in [3.63, 3.8) is 0 Å². The molecular formula is C10H14N2OS. The van der Waals surface area contributed by atoms with Gasteiger partial charge in [-0.25, -0.2) is 4.98 Å². The number of thioether (sulfide) groups is 1. The van der Waals surface area contributed by atoms with Gasteiger partial charge < -0.3 is 4.98 Å². The van der Waals surface area contributed by atoms with E-state index in [2.05, 4.69) is 9.97 Å².